The van der Waals surface area contributed by atoms with Gasteiger partial charge in [0.15, 0.2) is 5.11 Å². The average Bonchev–Trinajstić information content (AvgIpc) is 3.50. The zero-order chi connectivity index (χ0) is 30.0. The molecule has 214 valence electrons. The minimum atomic E-state index is -0.461. The molecule has 0 unspecified atom stereocenters. The summed E-state index contributed by atoms with van der Waals surface area (Å²) in [6, 6.07) is 37.4. The second kappa shape index (κ2) is 13.9. The van der Waals surface area contributed by atoms with Crippen LogP contribution in [-0.4, -0.2) is 16.9 Å². The number of aryl methyl sites for hydroxylation is 1. The van der Waals surface area contributed by atoms with Gasteiger partial charge in [-0.1, -0.05) is 78.4 Å². The normalized spacial score (nSPS) is 11.0. The lowest BCUT2D eigenvalue weighted by atomic mass is 10.2. The van der Waals surface area contributed by atoms with Crippen molar-refractivity contribution in [2.75, 3.05) is 10.6 Å². The molecule has 0 atom stereocenters. The first-order valence-corrected chi connectivity index (χ1v) is 14.1. The molecule has 4 aromatic carbocycles. The largest absolute Gasteiger partial charge is 0.457 e. The number of nitrogens with one attached hydrogen (secondary N) is 4. The van der Waals surface area contributed by atoms with Crippen LogP contribution in [0.15, 0.2) is 131 Å². The number of carbonyl (C=O) groups excluding carboxylic acids is 2. The SMILES string of the molecule is Cc1ccc(NC(=S)Nc2cccc(CNC(=O)/C(=C\c3ccc(-c4ccccc4)o3)NC(=O)c3ccccc3)c2)cc1. The van der Waals surface area contributed by atoms with Crippen LogP contribution < -0.4 is 21.3 Å². The molecule has 0 saturated carbocycles. The van der Waals surface area contributed by atoms with Gasteiger partial charge in [-0.2, -0.15) is 0 Å². The third-order valence-electron chi connectivity index (χ3n) is 6.45. The van der Waals surface area contributed by atoms with Crippen LogP contribution in [0.4, 0.5) is 11.4 Å². The maximum Gasteiger partial charge on any atom is 0.268 e. The number of rotatable bonds is 9. The molecule has 1 aromatic heterocycles. The standard InChI is InChI=1S/C35H30N4O3S/c1-24-15-17-28(18-16-24)37-35(43)38-29-14-8-9-25(21-29)23-36-34(41)31(39-33(40)27-12-6-3-7-13-27)22-30-19-20-32(42-30)26-10-4-2-5-11-26/h2-22H,23H2,1H3,(H,36,41)(H,39,40)(H2,37,38,43)/b31-22+. The Hall–Kier alpha value is -5.47. The molecule has 0 aliphatic carbocycles. The molecule has 0 aliphatic rings. The Morgan fingerprint density at radius 1 is 0.767 bits per heavy atom. The highest BCUT2D eigenvalue weighted by molar-refractivity contribution is 7.80. The predicted octanol–water partition coefficient (Wildman–Crippen LogP) is 7.15. The van der Waals surface area contributed by atoms with Crippen LogP contribution in [0, 0.1) is 6.92 Å². The molecule has 5 rings (SSSR count). The molecular weight excluding hydrogens is 556 g/mol. The van der Waals surface area contributed by atoms with Gasteiger partial charge in [-0.3, -0.25) is 9.59 Å². The van der Waals surface area contributed by atoms with Crippen molar-refractivity contribution in [3.05, 3.63) is 149 Å². The first-order chi connectivity index (χ1) is 20.9. The summed E-state index contributed by atoms with van der Waals surface area (Å²) in [7, 11) is 0. The van der Waals surface area contributed by atoms with Crippen LogP contribution in [0.1, 0.15) is 27.2 Å². The smallest absolute Gasteiger partial charge is 0.268 e. The lowest BCUT2D eigenvalue weighted by Gasteiger charge is -2.13. The molecule has 0 radical (unpaired) electrons. The Balaban J connectivity index is 1.28. The van der Waals surface area contributed by atoms with Gasteiger partial charge in [-0.25, -0.2) is 0 Å². The van der Waals surface area contributed by atoms with Crippen LogP contribution in [0.25, 0.3) is 17.4 Å². The summed E-state index contributed by atoms with van der Waals surface area (Å²) in [4.78, 5) is 26.3. The number of amides is 2. The maximum absolute atomic E-state index is 13.4. The maximum atomic E-state index is 13.4. The molecule has 43 heavy (non-hydrogen) atoms. The topological polar surface area (TPSA) is 95.4 Å². The summed E-state index contributed by atoms with van der Waals surface area (Å²) in [5.74, 6) is 0.215. The van der Waals surface area contributed by atoms with E-state index in [0.717, 1.165) is 28.1 Å². The molecule has 2 amide bonds. The fourth-order valence-electron chi connectivity index (χ4n) is 4.24. The summed E-state index contributed by atoms with van der Waals surface area (Å²) < 4.78 is 5.97. The van der Waals surface area contributed by atoms with E-state index in [9.17, 15) is 9.59 Å². The second-order valence-electron chi connectivity index (χ2n) is 9.77. The van der Waals surface area contributed by atoms with E-state index < -0.39 is 11.8 Å². The van der Waals surface area contributed by atoms with Gasteiger partial charge >= 0.3 is 0 Å². The van der Waals surface area contributed by atoms with Crippen LogP contribution in [-0.2, 0) is 11.3 Å². The van der Waals surface area contributed by atoms with Crippen LogP contribution in [0.5, 0.6) is 0 Å². The van der Waals surface area contributed by atoms with Gasteiger partial charge in [0, 0.05) is 35.1 Å². The number of thiocarbonyl (C=S) groups is 1. The third-order valence-corrected chi connectivity index (χ3v) is 6.65. The molecular formula is C35H30N4O3S. The summed E-state index contributed by atoms with van der Waals surface area (Å²) in [6.07, 6.45) is 1.52. The van der Waals surface area contributed by atoms with Crippen molar-refractivity contribution < 1.29 is 14.0 Å². The zero-order valence-electron chi connectivity index (χ0n) is 23.5. The number of anilines is 2. The van der Waals surface area contributed by atoms with E-state index >= 15 is 0 Å². The van der Waals surface area contributed by atoms with Gasteiger partial charge in [0.1, 0.15) is 17.2 Å². The van der Waals surface area contributed by atoms with Crippen molar-refractivity contribution >= 4 is 46.6 Å². The van der Waals surface area contributed by atoms with E-state index in [0.29, 0.717) is 22.2 Å². The van der Waals surface area contributed by atoms with Gasteiger partial charge in [0.05, 0.1) is 0 Å². The molecule has 0 bridgehead atoms. The zero-order valence-corrected chi connectivity index (χ0v) is 24.3. The summed E-state index contributed by atoms with van der Waals surface area (Å²) in [5, 5.41) is 12.4. The van der Waals surface area contributed by atoms with E-state index in [1.807, 2.05) is 97.9 Å². The Bertz CT molecular complexity index is 1750. The van der Waals surface area contributed by atoms with E-state index in [-0.39, 0.29) is 12.2 Å². The van der Waals surface area contributed by atoms with Gasteiger partial charge in [-0.15, -0.1) is 0 Å². The number of benzene rings is 4. The van der Waals surface area contributed by atoms with Crippen LogP contribution in [0.3, 0.4) is 0 Å². The molecule has 0 saturated heterocycles. The Labute approximate surface area is 255 Å². The minimum absolute atomic E-state index is 0.0561. The average molecular weight is 587 g/mol. The van der Waals surface area contributed by atoms with Gasteiger partial charge in [0.25, 0.3) is 11.8 Å². The fourth-order valence-corrected chi connectivity index (χ4v) is 4.48. The van der Waals surface area contributed by atoms with Crippen molar-refractivity contribution in [1.29, 1.82) is 0 Å². The lowest BCUT2D eigenvalue weighted by molar-refractivity contribution is -0.117. The Morgan fingerprint density at radius 3 is 2.21 bits per heavy atom. The highest BCUT2D eigenvalue weighted by atomic mass is 32.1. The molecule has 7 nitrogen and oxygen atoms in total. The first-order valence-electron chi connectivity index (χ1n) is 13.7. The van der Waals surface area contributed by atoms with Crippen molar-refractivity contribution in [1.82, 2.24) is 10.6 Å². The predicted molar refractivity (Wildman–Crippen MR) is 175 cm³/mol. The number of hydrogen-bond acceptors (Lipinski definition) is 4. The molecule has 0 fully saturated rings. The van der Waals surface area contributed by atoms with Crippen molar-refractivity contribution in [3.8, 4) is 11.3 Å². The monoisotopic (exact) mass is 586 g/mol. The summed E-state index contributed by atoms with van der Waals surface area (Å²) in [6.45, 7) is 2.25. The quantitative estimate of drug-likeness (QED) is 0.108. The van der Waals surface area contributed by atoms with Gasteiger partial charge in [-0.05, 0) is 73.2 Å². The Morgan fingerprint density at radius 2 is 1.47 bits per heavy atom. The van der Waals surface area contributed by atoms with Crippen LogP contribution in [0.2, 0.25) is 0 Å². The Kier molecular flexibility index (Phi) is 9.41. The third kappa shape index (κ3) is 8.28. The van der Waals surface area contributed by atoms with E-state index in [4.69, 9.17) is 16.6 Å². The molecule has 4 N–H and O–H groups in total. The lowest BCUT2D eigenvalue weighted by Crippen LogP contribution is -2.34. The van der Waals surface area contributed by atoms with Gasteiger partial charge < -0.3 is 25.7 Å². The molecule has 0 spiro atoms. The minimum Gasteiger partial charge on any atom is -0.457 e. The highest BCUT2D eigenvalue weighted by Gasteiger charge is 2.16. The number of hydrogen-bond donors (Lipinski definition) is 4. The highest BCUT2D eigenvalue weighted by Crippen LogP contribution is 2.23. The van der Waals surface area contributed by atoms with Crippen molar-refractivity contribution in [3.63, 3.8) is 0 Å². The van der Waals surface area contributed by atoms with E-state index in [1.54, 1.807) is 30.3 Å². The molecule has 8 heteroatoms. The van der Waals surface area contributed by atoms with Crippen LogP contribution >= 0.6 is 12.2 Å². The number of furan rings is 1. The first kappa shape index (κ1) is 29.0. The van der Waals surface area contributed by atoms with Crippen molar-refractivity contribution in [2.45, 2.75) is 13.5 Å². The fraction of sp³-hybridized carbons (Fsp3) is 0.0571. The van der Waals surface area contributed by atoms with Crippen molar-refractivity contribution in [2.24, 2.45) is 0 Å². The number of carbonyl (C=O) groups is 2. The van der Waals surface area contributed by atoms with Gasteiger partial charge in [0.2, 0.25) is 0 Å². The molecule has 5 aromatic rings. The summed E-state index contributed by atoms with van der Waals surface area (Å²) in [5.41, 5.74) is 5.06. The molecule has 0 aliphatic heterocycles. The molecule has 1 heterocycles. The van der Waals surface area contributed by atoms with E-state index in [2.05, 4.69) is 21.3 Å². The summed E-state index contributed by atoms with van der Waals surface area (Å²) >= 11 is 5.46. The van der Waals surface area contributed by atoms with E-state index in [1.165, 1.54) is 6.08 Å². The second-order valence-corrected chi connectivity index (χ2v) is 10.2.